The Hall–Kier alpha value is -3.14. The van der Waals surface area contributed by atoms with Crippen LogP contribution in [0.4, 0.5) is 5.69 Å². The van der Waals surface area contributed by atoms with Crippen molar-refractivity contribution in [3.8, 4) is 0 Å². The van der Waals surface area contributed by atoms with E-state index in [9.17, 15) is 9.59 Å². The summed E-state index contributed by atoms with van der Waals surface area (Å²) >= 11 is 0. The minimum absolute atomic E-state index is 0.0287. The van der Waals surface area contributed by atoms with Crippen molar-refractivity contribution in [3.05, 3.63) is 77.4 Å². The summed E-state index contributed by atoms with van der Waals surface area (Å²) in [6, 6.07) is 20.0. The molecule has 0 aliphatic heterocycles. The van der Waals surface area contributed by atoms with Gasteiger partial charge in [0, 0.05) is 17.3 Å². The summed E-state index contributed by atoms with van der Waals surface area (Å²) in [7, 11) is 0. The van der Waals surface area contributed by atoms with Crippen LogP contribution in [0.1, 0.15) is 53.6 Å². The van der Waals surface area contributed by atoms with Gasteiger partial charge in [-0.3, -0.25) is 9.59 Å². The predicted molar refractivity (Wildman–Crippen MR) is 122 cm³/mol. The van der Waals surface area contributed by atoms with Crippen LogP contribution in [0.5, 0.6) is 0 Å². The molecule has 1 fully saturated rings. The lowest BCUT2D eigenvalue weighted by molar-refractivity contribution is -0.115. The molecule has 3 aromatic carbocycles. The fraction of sp³-hybridized carbons (Fsp3) is 0.308. The predicted octanol–water partition coefficient (Wildman–Crippen LogP) is 5.39. The van der Waals surface area contributed by atoms with E-state index >= 15 is 0 Å². The van der Waals surface area contributed by atoms with Crippen LogP contribution in [0, 0.1) is 6.92 Å². The lowest BCUT2D eigenvalue weighted by Crippen LogP contribution is -2.36. The lowest BCUT2D eigenvalue weighted by atomic mass is 9.95. The van der Waals surface area contributed by atoms with Crippen LogP contribution in [0.3, 0.4) is 0 Å². The zero-order valence-corrected chi connectivity index (χ0v) is 17.4. The van der Waals surface area contributed by atoms with Crippen molar-refractivity contribution in [2.75, 3.05) is 5.32 Å². The van der Waals surface area contributed by atoms with Gasteiger partial charge >= 0.3 is 0 Å². The third kappa shape index (κ3) is 4.88. The largest absolute Gasteiger partial charge is 0.349 e. The topological polar surface area (TPSA) is 58.2 Å². The van der Waals surface area contributed by atoms with Crippen LogP contribution in [0.25, 0.3) is 10.8 Å². The number of carbonyl (C=O) groups excluding carboxylic acids is 2. The molecular formula is C26H28N2O2. The number of carbonyl (C=O) groups is 2. The van der Waals surface area contributed by atoms with Gasteiger partial charge in [0.25, 0.3) is 5.91 Å². The SMILES string of the molecule is Cc1cc(C(=O)NC2CCCCC2)ccc1NC(=O)Cc1ccc2ccccc2c1. The molecule has 0 spiro atoms. The summed E-state index contributed by atoms with van der Waals surface area (Å²) in [5.41, 5.74) is 3.26. The van der Waals surface area contributed by atoms with Gasteiger partial charge in [-0.2, -0.15) is 0 Å². The molecule has 0 radical (unpaired) electrons. The van der Waals surface area contributed by atoms with E-state index in [4.69, 9.17) is 0 Å². The van der Waals surface area contributed by atoms with Gasteiger partial charge in [0.1, 0.15) is 0 Å². The number of anilines is 1. The molecule has 2 amide bonds. The maximum absolute atomic E-state index is 12.6. The zero-order valence-electron chi connectivity index (χ0n) is 17.4. The van der Waals surface area contributed by atoms with Crippen molar-refractivity contribution < 1.29 is 9.59 Å². The molecule has 0 bridgehead atoms. The number of fused-ring (bicyclic) bond motifs is 1. The molecule has 154 valence electrons. The van der Waals surface area contributed by atoms with Crippen LogP contribution in [0.2, 0.25) is 0 Å². The molecule has 2 N–H and O–H groups in total. The van der Waals surface area contributed by atoms with Crippen LogP contribution >= 0.6 is 0 Å². The number of rotatable bonds is 5. The first-order valence-electron chi connectivity index (χ1n) is 10.8. The van der Waals surface area contributed by atoms with E-state index in [1.807, 2.05) is 43.3 Å². The van der Waals surface area contributed by atoms with Crippen molar-refractivity contribution in [1.29, 1.82) is 0 Å². The van der Waals surface area contributed by atoms with Gasteiger partial charge in [0.15, 0.2) is 0 Å². The van der Waals surface area contributed by atoms with Crippen molar-refractivity contribution in [3.63, 3.8) is 0 Å². The second kappa shape index (κ2) is 9.12. The maximum atomic E-state index is 12.6. The third-order valence-electron chi connectivity index (χ3n) is 5.88. The molecule has 4 rings (SSSR count). The molecule has 0 heterocycles. The van der Waals surface area contributed by atoms with Crippen LogP contribution in [-0.4, -0.2) is 17.9 Å². The summed E-state index contributed by atoms with van der Waals surface area (Å²) in [6.07, 6.45) is 6.08. The van der Waals surface area contributed by atoms with Gasteiger partial charge in [-0.1, -0.05) is 61.7 Å². The molecule has 1 aliphatic rings. The highest BCUT2D eigenvalue weighted by Gasteiger charge is 2.17. The fourth-order valence-electron chi connectivity index (χ4n) is 4.19. The number of benzene rings is 3. The van der Waals surface area contributed by atoms with Gasteiger partial charge in [-0.05, 0) is 59.9 Å². The maximum Gasteiger partial charge on any atom is 0.251 e. The zero-order chi connectivity index (χ0) is 20.9. The highest BCUT2D eigenvalue weighted by molar-refractivity contribution is 5.97. The van der Waals surface area contributed by atoms with Crippen molar-refractivity contribution >= 4 is 28.3 Å². The Morgan fingerprint density at radius 3 is 2.43 bits per heavy atom. The molecule has 0 unspecified atom stereocenters. The number of hydrogen-bond acceptors (Lipinski definition) is 2. The summed E-state index contributed by atoms with van der Waals surface area (Å²) in [6.45, 7) is 1.92. The number of aryl methyl sites for hydroxylation is 1. The van der Waals surface area contributed by atoms with Crippen molar-refractivity contribution in [1.82, 2.24) is 5.32 Å². The second-order valence-electron chi connectivity index (χ2n) is 8.24. The average molecular weight is 401 g/mol. The third-order valence-corrected chi connectivity index (χ3v) is 5.88. The molecule has 3 aromatic rings. The van der Waals surface area contributed by atoms with Gasteiger partial charge in [-0.25, -0.2) is 0 Å². The molecule has 0 atom stereocenters. The molecule has 0 aromatic heterocycles. The highest BCUT2D eigenvalue weighted by Crippen LogP contribution is 2.21. The van der Waals surface area contributed by atoms with E-state index in [0.717, 1.165) is 35.0 Å². The van der Waals surface area contributed by atoms with Gasteiger partial charge in [0.2, 0.25) is 5.91 Å². The standard InChI is InChI=1S/C26H28N2O2/c1-18-15-22(26(30)27-23-9-3-2-4-10-23)13-14-24(18)28-25(29)17-19-11-12-20-7-5-6-8-21(20)16-19/h5-8,11-16,23H,2-4,9-10,17H2,1H3,(H,27,30)(H,28,29). The Kier molecular flexibility index (Phi) is 6.12. The van der Waals surface area contributed by atoms with E-state index in [0.29, 0.717) is 12.0 Å². The van der Waals surface area contributed by atoms with E-state index < -0.39 is 0 Å². The summed E-state index contributed by atoms with van der Waals surface area (Å²) in [5.74, 6) is -0.0909. The fourth-order valence-corrected chi connectivity index (χ4v) is 4.19. The molecule has 30 heavy (non-hydrogen) atoms. The van der Waals surface area contributed by atoms with Gasteiger partial charge in [0.05, 0.1) is 6.42 Å². The molecule has 4 nitrogen and oxygen atoms in total. The monoisotopic (exact) mass is 400 g/mol. The summed E-state index contributed by atoms with van der Waals surface area (Å²) in [5, 5.41) is 8.43. The van der Waals surface area contributed by atoms with Crippen LogP contribution in [0.15, 0.2) is 60.7 Å². The summed E-state index contributed by atoms with van der Waals surface area (Å²) in [4.78, 5) is 25.1. The second-order valence-corrected chi connectivity index (χ2v) is 8.24. The molecule has 1 saturated carbocycles. The average Bonchev–Trinajstić information content (AvgIpc) is 2.75. The van der Waals surface area contributed by atoms with E-state index in [-0.39, 0.29) is 17.9 Å². The Balaban J connectivity index is 1.38. The van der Waals surface area contributed by atoms with E-state index in [1.165, 1.54) is 24.6 Å². The quantitative estimate of drug-likeness (QED) is 0.603. The van der Waals surface area contributed by atoms with E-state index in [1.54, 1.807) is 6.07 Å². The Bertz CT molecular complexity index is 1070. The number of nitrogens with one attached hydrogen (secondary N) is 2. The number of amides is 2. The first-order valence-corrected chi connectivity index (χ1v) is 10.8. The minimum atomic E-state index is -0.0622. The Morgan fingerprint density at radius 1 is 0.900 bits per heavy atom. The smallest absolute Gasteiger partial charge is 0.251 e. The lowest BCUT2D eigenvalue weighted by Gasteiger charge is -2.23. The van der Waals surface area contributed by atoms with Crippen molar-refractivity contribution in [2.24, 2.45) is 0 Å². The molecular weight excluding hydrogens is 372 g/mol. The highest BCUT2D eigenvalue weighted by atomic mass is 16.2. The van der Waals surface area contributed by atoms with Gasteiger partial charge in [-0.15, -0.1) is 0 Å². The normalized spacial score (nSPS) is 14.4. The van der Waals surface area contributed by atoms with E-state index in [2.05, 4.69) is 28.8 Å². The van der Waals surface area contributed by atoms with Crippen LogP contribution in [-0.2, 0) is 11.2 Å². The Labute approximate surface area is 177 Å². The minimum Gasteiger partial charge on any atom is -0.349 e. The number of hydrogen-bond donors (Lipinski definition) is 2. The molecule has 1 aliphatic carbocycles. The summed E-state index contributed by atoms with van der Waals surface area (Å²) < 4.78 is 0. The van der Waals surface area contributed by atoms with Crippen LogP contribution < -0.4 is 10.6 Å². The molecule has 0 saturated heterocycles. The van der Waals surface area contributed by atoms with Gasteiger partial charge < -0.3 is 10.6 Å². The first-order chi connectivity index (χ1) is 14.6. The first kappa shape index (κ1) is 20.1. The van der Waals surface area contributed by atoms with Crippen molar-refractivity contribution in [2.45, 2.75) is 51.5 Å². The Morgan fingerprint density at radius 2 is 1.67 bits per heavy atom. The molecule has 4 heteroatoms.